The van der Waals surface area contributed by atoms with E-state index in [-0.39, 0.29) is 10.8 Å². The first-order valence-electron chi connectivity index (χ1n) is 6.41. The fourth-order valence-electron chi connectivity index (χ4n) is 2.13. The van der Waals surface area contributed by atoms with E-state index in [0.29, 0.717) is 5.92 Å². The van der Waals surface area contributed by atoms with Crippen molar-refractivity contribution in [2.24, 2.45) is 0 Å². The highest BCUT2D eigenvalue weighted by atomic mass is 15.1. The number of hydrogen-bond acceptors (Lipinski definition) is 2. The van der Waals surface area contributed by atoms with Crippen LogP contribution in [0.3, 0.4) is 0 Å². The standard InChI is InChI=1S/C15H26N2/c1-10(2)12-11(14(3,4)5)9-16-17-13(12)15(6,7)8/h9-10H,1-8H3. The Morgan fingerprint density at radius 3 is 1.82 bits per heavy atom. The van der Waals surface area contributed by atoms with Gasteiger partial charge < -0.3 is 0 Å². The summed E-state index contributed by atoms with van der Waals surface area (Å²) in [4.78, 5) is 0. The molecule has 2 heteroatoms. The minimum absolute atomic E-state index is 0.0495. The third kappa shape index (κ3) is 3.05. The molecule has 1 rings (SSSR count). The molecule has 0 spiro atoms. The van der Waals surface area contributed by atoms with Crippen molar-refractivity contribution in [2.45, 2.75) is 72.1 Å². The van der Waals surface area contributed by atoms with Crippen LogP contribution >= 0.6 is 0 Å². The summed E-state index contributed by atoms with van der Waals surface area (Å²) in [5.74, 6) is 0.481. The van der Waals surface area contributed by atoms with Crippen molar-refractivity contribution in [1.29, 1.82) is 0 Å². The predicted molar refractivity (Wildman–Crippen MR) is 73.5 cm³/mol. The van der Waals surface area contributed by atoms with Crippen LogP contribution < -0.4 is 0 Å². The maximum Gasteiger partial charge on any atom is 0.0721 e. The fourth-order valence-corrected chi connectivity index (χ4v) is 2.13. The van der Waals surface area contributed by atoms with Crippen LogP contribution in [0.4, 0.5) is 0 Å². The lowest BCUT2D eigenvalue weighted by Gasteiger charge is -2.29. The molecular formula is C15H26N2. The Morgan fingerprint density at radius 2 is 1.47 bits per heavy atom. The fraction of sp³-hybridized carbons (Fsp3) is 0.733. The smallest absolute Gasteiger partial charge is 0.0721 e. The van der Waals surface area contributed by atoms with Crippen LogP contribution in [-0.2, 0) is 10.8 Å². The molecule has 0 amide bonds. The molecule has 17 heavy (non-hydrogen) atoms. The minimum Gasteiger partial charge on any atom is -0.159 e. The van der Waals surface area contributed by atoms with Crippen molar-refractivity contribution >= 4 is 0 Å². The van der Waals surface area contributed by atoms with E-state index in [0.717, 1.165) is 5.69 Å². The van der Waals surface area contributed by atoms with Crippen LogP contribution in [0.25, 0.3) is 0 Å². The molecule has 96 valence electrons. The van der Waals surface area contributed by atoms with Gasteiger partial charge in [0.2, 0.25) is 0 Å². The molecule has 1 aromatic rings. The zero-order valence-corrected chi connectivity index (χ0v) is 12.5. The molecule has 0 bridgehead atoms. The van der Waals surface area contributed by atoms with Gasteiger partial charge in [-0.25, -0.2) is 0 Å². The lowest BCUT2D eigenvalue weighted by molar-refractivity contribution is 0.518. The van der Waals surface area contributed by atoms with Crippen molar-refractivity contribution in [1.82, 2.24) is 10.2 Å². The molecule has 1 heterocycles. The first kappa shape index (κ1) is 14.1. The molecule has 0 atom stereocenters. The average Bonchev–Trinajstić information content (AvgIpc) is 2.13. The second-order valence-corrected chi connectivity index (χ2v) is 7.18. The molecule has 0 aromatic carbocycles. The van der Waals surface area contributed by atoms with Crippen LogP contribution in [0, 0.1) is 0 Å². The number of rotatable bonds is 1. The van der Waals surface area contributed by atoms with Gasteiger partial charge >= 0.3 is 0 Å². The minimum atomic E-state index is 0.0495. The summed E-state index contributed by atoms with van der Waals surface area (Å²) in [5, 5.41) is 8.61. The van der Waals surface area contributed by atoms with Gasteiger partial charge in [0.1, 0.15) is 0 Å². The van der Waals surface area contributed by atoms with Crippen molar-refractivity contribution < 1.29 is 0 Å². The summed E-state index contributed by atoms with van der Waals surface area (Å²) < 4.78 is 0. The predicted octanol–water partition coefficient (Wildman–Crippen LogP) is 4.20. The molecule has 1 aromatic heterocycles. The lowest BCUT2D eigenvalue weighted by atomic mass is 9.77. The van der Waals surface area contributed by atoms with Crippen LogP contribution in [0.2, 0.25) is 0 Å². The van der Waals surface area contributed by atoms with Crippen molar-refractivity contribution in [3.63, 3.8) is 0 Å². The third-order valence-corrected chi connectivity index (χ3v) is 2.99. The van der Waals surface area contributed by atoms with Crippen LogP contribution in [-0.4, -0.2) is 10.2 Å². The Balaban J connectivity index is 3.55. The van der Waals surface area contributed by atoms with Crippen molar-refractivity contribution in [3.05, 3.63) is 23.0 Å². The SMILES string of the molecule is CC(C)c1c(C(C)(C)C)cnnc1C(C)(C)C. The van der Waals surface area contributed by atoms with Gasteiger partial charge in [-0.2, -0.15) is 10.2 Å². The van der Waals surface area contributed by atoms with Gasteiger partial charge in [-0.05, 0) is 22.5 Å². The Kier molecular flexibility index (Phi) is 3.66. The summed E-state index contributed by atoms with van der Waals surface area (Å²) in [6.45, 7) is 17.8. The Hall–Kier alpha value is -0.920. The largest absolute Gasteiger partial charge is 0.159 e. The van der Waals surface area contributed by atoms with E-state index in [1.165, 1.54) is 11.1 Å². The van der Waals surface area contributed by atoms with Gasteiger partial charge in [-0.3, -0.25) is 0 Å². The molecule has 0 saturated heterocycles. The molecule has 0 aliphatic rings. The number of aromatic nitrogens is 2. The maximum atomic E-state index is 4.40. The summed E-state index contributed by atoms with van der Waals surface area (Å²) in [7, 11) is 0. The molecule has 0 saturated carbocycles. The maximum absolute atomic E-state index is 4.40. The van der Waals surface area contributed by atoms with Gasteiger partial charge in [-0.15, -0.1) is 0 Å². The molecule has 0 aliphatic carbocycles. The molecule has 2 nitrogen and oxygen atoms in total. The van der Waals surface area contributed by atoms with E-state index in [2.05, 4.69) is 65.6 Å². The normalized spacial score (nSPS) is 13.2. The van der Waals surface area contributed by atoms with E-state index in [9.17, 15) is 0 Å². The first-order chi connectivity index (χ1) is 7.55. The molecule has 0 aliphatic heterocycles. The highest BCUT2D eigenvalue weighted by molar-refractivity contribution is 5.38. The van der Waals surface area contributed by atoms with E-state index in [1.807, 2.05) is 6.20 Å². The topological polar surface area (TPSA) is 25.8 Å². The van der Waals surface area contributed by atoms with Crippen LogP contribution in [0.1, 0.15) is 78.1 Å². The van der Waals surface area contributed by atoms with Gasteiger partial charge in [0.25, 0.3) is 0 Å². The monoisotopic (exact) mass is 234 g/mol. The van der Waals surface area contributed by atoms with E-state index < -0.39 is 0 Å². The third-order valence-electron chi connectivity index (χ3n) is 2.99. The molecule has 0 unspecified atom stereocenters. The number of hydrogen-bond donors (Lipinski definition) is 0. The van der Waals surface area contributed by atoms with E-state index in [4.69, 9.17) is 0 Å². The highest BCUT2D eigenvalue weighted by Crippen LogP contribution is 2.35. The van der Waals surface area contributed by atoms with Crippen LogP contribution in [0.5, 0.6) is 0 Å². The summed E-state index contributed by atoms with van der Waals surface area (Å²) >= 11 is 0. The zero-order chi connectivity index (χ0) is 13.4. The highest BCUT2D eigenvalue weighted by Gasteiger charge is 2.28. The molecule has 0 fully saturated rings. The molecular weight excluding hydrogens is 208 g/mol. The summed E-state index contributed by atoms with van der Waals surface area (Å²) in [6, 6.07) is 0. The number of nitrogens with zero attached hydrogens (tertiary/aromatic N) is 2. The van der Waals surface area contributed by atoms with E-state index >= 15 is 0 Å². The van der Waals surface area contributed by atoms with Crippen molar-refractivity contribution in [3.8, 4) is 0 Å². The van der Waals surface area contributed by atoms with Gasteiger partial charge in [0, 0.05) is 5.41 Å². The second-order valence-electron chi connectivity index (χ2n) is 7.18. The lowest BCUT2D eigenvalue weighted by Crippen LogP contribution is -2.24. The summed E-state index contributed by atoms with van der Waals surface area (Å²) in [5.41, 5.74) is 4.01. The average molecular weight is 234 g/mol. The quantitative estimate of drug-likeness (QED) is 0.728. The van der Waals surface area contributed by atoms with Gasteiger partial charge in [-0.1, -0.05) is 55.4 Å². The van der Waals surface area contributed by atoms with E-state index in [1.54, 1.807) is 0 Å². The van der Waals surface area contributed by atoms with Gasteiger partial charge in [0.05, 0.1) is 11.9 Å². The Bertz CT molecular complexity index is 360. The van der Waals surface area contributed by atoms with Crippen molar-refractivity contribution in [2.75, 3.05) is 0 Å². The first-order valence-corrected chi connectivity index (χ1v) is 6.41. The Labute approximate surface area is 106 Å². The van der Waals surface area contributed by atoms with Crippen LogP contribution in [0.15, 0.2) is 6.20 Å². The second kappa shape index (κ2) is 4.40. The summed E-state index contributed by atoms with van der Waals surface area (Å²) in [6.07, 6.45) is 1.94. The molecule has 0 radical (unpaired) electrons. The molecule has 0 N–H and O–H groups in total. The Morgan fingerprint density at radius 1 is 0.941 bits per heavy atom. The zero-order valence-electron chi connectivity index (χ0n) is 12.5. The van der Waals surface area contributed by atoms with Gasteiger partial charge in [0.15, 0.2) is 0 Å².